The number of aliphatic hydroxyl groups excluding tert-OH is 4. The zero-order valence-corrected chi connectivity index (χ0v) is 19.4. The third-order valence-electron chi connectivity index (χ3n) is 7.20. The molecule has 1 heterocycles. The maximum atomic E-state index is 11.1. The summed E-state index contributed by atoms with van der Waals surface area (Å²) in [7, 11) is 0. The van der Waals surface area contributed by atoms with Gasteiger partial charge in [0, 0.05) is 5.02 Å². The van der Waals surface area contributed by atoms with E-state index in [-0.39, 0.29) is 5.92 Å². The van der Waals surface area contributed by atoms with Crippen LogP contribution in [0.1, 0.15) is 66.8 Å². The lowest BCUT2D eigenvalue weighted by Gasteiger charge is -2.47. The monoisotopic (exact) mass is 460 g/mol. The molecule has 1 aliphatic carbocycles. The van der Waals surface area contributed by atoms with Gasteiger partial charge in [0.05, 0.1) is 6.61 Å². The molecule has 0 saturated carbocycles. The van der Waals surface area contributed by atoms with Gasteiger partial charge in [0.25, 0.3) is 0 Å². The van der Waals surface area contributed by atoms with Crippen LogP contribution in [0.3, 0.4) is 0 Å². The van der Waals surface area contributed by atoms with Crippen molar-refractivity contribution < 1.29 is 25.2 Å². The number of aryl methyl sites for hydroxylation is 1. The van der Waals surface area contributed by atoms with Gasteiger partial charge in [0.1, 0.15) is 30.0 Å². The lowest BCUT2D eigenvalue weighted by molar-refractivity contribution is -0.279. The topological polar surface area (TPSA) is 90.2 Å². The van der Waals surface area contributed by atoms with Gasteiger partial charge in [-0.15, -0.1) is 0 Å². The normalized spacial score (nSPS) is 31.8. The lowest BCUT2D eigenvalue weighted by Crippen LogP contribution is -2.62. The number of rotatable bonds is 6. The van der Waals surface area contributed by atoms with Crippen LogP contribution in [-0.2, 0) is 23.2 Å². The predicted molar refractivity (Wildman–Crippen MR) is 124 cm³/mol. The largest absolute Gasteiger partial charge is 0.394 e. The van der Waals surface area contributed by atoms with Gasteiger partial charge in [-0.2, -0.15) is 0 Å². The van der Waals surface area contributed by atoms with Crippen LogP contribution in [0.4, 0.5) is 0 Å². The van der Waals surface area contributed by atoms with Crippen LogP contribution in [0, 0.1) is 0 Å². The van der Waals surface area contributed by atoms with E-state index < -0.39 is 36.6 Å². The second-order valence-corrected chi connectivity index (χ2v) is 9.63. The maximum Gasteiger partial charge on any atom is 0.123 e. The summed E-state index contributed by atoms with van der Waals surface area (Å²) in [4.78, 5) is 0. The maximum absolute atomic E-state index is 11.1. The Morgan fingerprint density at radius 2 is 1.72 bits per heavy atom. The Balaban J connectivity index is 1.77. The van der Waals surface area contributed by atoms with Crippen LogP contribution in [-0.4, -0.2) is 51.4 Å². The van der Waals surface area contributed by atoms with Gasteiger partial charge < -0.3 is 25.2 Å². The van der Waals surface area contributed by atoms with E-state index in [9.17, 15) is 20.4 Å². The fourth-order valence-corrected chi connectivity index (χ4v) is 5.65. The highest BCUT2D eigenvalue weighted by Crippen LogP contribution is 2.54. The smallest absolute Gasteiger partial charge is 0.123 e. The fraction of sp³-hybridized carbons (Fsp3) is 0.538. The quantitative estimate of drug-likeness (QED) is 0.530. The molecule has 2 aliphatic rings. The first-order chi connectivity index (χ1) is 15.3. The second-order valence-electron chi connectivity index (χ2n) is 9.22. The summed E-state index contributed by atoms with van der Waals surface area (Å²) in [6, 6.07) is 12.4. The average Bonchev–Trinajstić information content (AvgIpc) is 3.09. The SMILES string of the molecule is CCCC1C[C@]2(O[C@H](CO)[C@@H](O)[C@H](O)[C@H]2O)c2cc(Cc3ccc(CC)cc3)c(Cl)cc21. The van der Waals surface area contributed by atoms with Crippen LogP contribution in [0.5, 0.6) is 0 Å². The van der Waals surface area contributed by atoms with Crippen LogP contribution in [0.25, 0.3) is 0 Å². The molecular weight excluding hydrogens is 428 g/mol. The van der Waals surface area contributed by atoms with E-state index in [0.717, 1.165) is 41.5 Å². The molecule has 6 heteroatoms. The molecular formula is C26H33ClO5. The first kappa shape index (κ1) is 23.7. The molecule has 32 heavy (non-hydrogen) atoms. The van der Waals surface area contributed by atoms with Gasteiger partial charge in [0.2, 0.25) is 0 Å². The van der Waals surface area contributed by atoms with Crippen LogP contribution in [0.15, 0.2) is 36.4 Å². The lowest BCUT2D eigenvalue weighted by atomic mass is 9.79. The molecule has 1 spiro atoms. The first-order valence-electron chi connectivity index (χ1n) is 11.6. The van der Waals surface area contributed by atoms with E-state index in [0.29, 0.717) is 17.9 Å². The summed E-state index contributed by atoms with van der Waals surface area (Å²) in [6.45, 7) is 3.79. The van der Waals surface area contributed by atoms with Crippen molar-refractivity contribution in [3.05, 3.63) is 69.2 Å². The Labute approximate surface area is 194 Å². The van der Waals surface area contributed by atoms with Crippen LogP contribution < -0.4 is 0 Å². The fourth-order valence-electron chi connectivity index (χ4n) is 5.41. The van der Waals surface area contributed by atoms with Crippen molar-refractivity contribution in [1.29, 1.82) is 0 Å². The van der Waals surface area contributed by atoms with E-state index in [1.807, 2.05) is 12.1 Å². The molecule has 174 valence electrons. The third-order valence-corrected chi connectivity index (χ3v) is 7.55. The van der Waals surface area contributed by atoms with E-state index in [4.69, 9.17) is 16.3 Å². The Morgan fingerprint density at radius 3 is 2.34 bits per heavy atom. The molecule has 1 unspecified atom stereocenters. The first-order valence-corrected chi connectivity index (χ1v) is 12.0. The summed E-state index contributed by atoms with van der Waals surface area (Å²) in [5, 5.41) is 42.4. The van der Waals surface area contributed by atoms with Crippen molar-refractivity contribution >= 4 is 11.6 Å². The summed E-state index contributed by atoms with van der Waals surface area (Å²) in [5.74, 6) is 0.113. The zero-order chi connectivity index (χ0) is 23.0. The Bertz CT molecular complexity index is 944. The van der Waals surface area contributed by atoms with Crippen molar-refractivity contribution in [3.8, 4) is 0 Å². The highest BCUT2D eigenvalue weighted by molar-refractivity contribution is 6.31. The number of benzene rings is 2. The molecule has 1 saturated heterocycles. The minimum Gasteiger partial charge on any atom is -0.394 e. The van der Waals surface area contributed by atoms with Gasteiger partial charge in [-0.1, -0.05) is 62.2 Å². The molecule has 0 aromatic heterocycles. The molecule has 6 atom stereocenters. The zero-order valence-electron chi connectivity index (χ0n) is 18.7. The number of fused-ring (bicyclic) bond motifs is 2. The number of hydrogen-bond acceptors (Lipinski definition) is 5. The molecule has 4 rings (SSSR count). The van der Waals surface area contributed by atoms with Gasteiger partial charge in [-0.25, -0.2) is 0 Å². The Morgan fingerprint density at radius 1 is 1.03 bits per heavy atom. The molecule has 5 nitrogen and oxygen atoms in total. The summed E-state index contributed by atoms with van der Waals surface area (Å²) in [5.41, 5.74) is 3.96. The Hall–Kier alpha value is -1.47. The van der Waals surface area contributed by atoms with Crippen molar-refractivity contribution in [2.24, 2.45) is 0 Å². The van der Waals surface area contributed by atoms with Gasteiger partial charge in [0.15, 0.2) is 0 Å². The third kappa shape index (κ3) is 4.00. The van der Waals surface area contributed by atoms with Gasteiger partial charge in [-0.05, 0) is 65.5 Å². The van der Waals surface area contributed by atoms with Gasteiger partial charge >= 0.3 is 0 Å². The molecule has 2 aromatic rings. The molecule has 0 bridgehead atoms. The van der Waals surface area contributed by atoms with E-state index >= 15 is 0 Å². The summed E-state index contributed by atoms with van der Waals surface area (Å²) in [6.07, 6.45) is -1.10. The summed E-state index contributed by atoms with van der Waals surface area (Å²) >= 11 is 6.72. The van der Waals surface area contributed by atoms with E-state index in [1.165, 1.54) is 5.56 Å². The van der Waals surface area contributed by atoms with Gasteiger partial charge in [-0.3, -0.25) is 0 Å². The number of aliphatic hydroxyl groups is 4. The predicted octanol–water partition coefficient (Wildman–Crippen LogP) is 3.45. The van der Waals surface area contributed by atoms with Crippen molar-refractivity contribution in [1.82, 2.24) is 0 Å². The minimum atomic E-state index is -1.41. The Kier molecular flexibility index (Phi) is 6.97. The highest BCUT2D eigenvalue weighted by atomic mass is 35.5. The molecule has 1 aliphatic heterocycles. The van der Waals surface area contributed by atoms with Crippen molar-refractivity contribution in [3.63, 3.8) is 0 Å². The van der Waals surface area contributed by atoms with Crippen LogP contribution >= 0.6 is 11.6 Å². The average molecular weight is 461 g/mol. The minimum absolute atomic E-state index is 0.113. The number of hydrogen-bond donors (Lipinski definition) is 4. The standard InChI is InChI=1S/C26H33ClO5/c1-3-5-17-13-26(25(31)24(30)23(29)22(14-28)32-26)20-11-18(21(27)12-19(17)20)10-16-8-6-15(4-2)7-9-16/h6-9,11-12,17,22-25,28-31H,3-5,10,13-14H2,1-2H3/t17?,22-,23-,24+,25-,26+/m1/s1. The van der Waals surface area contributed by atoms with Crippen molar-refractivity contribution in [2.75, 3.05) is 6.61 Å². The van der Waals surface area contributed by atoms with Crippen LogP contribution in [0.2, 0.25) is 5.02 Å². The number of halogens is 1. The molecule has 1 fully saturated rings. The van der Waals surface area contributed by atoms with E-state index in [2.05, 4.69) is 38.1 Å². The molecule has 0 amide bonds. The molecule has 4 N–H and O–H groups in total. The molecule has 0 radical (unpaired) electrons. The molecule has 2 aromatic carbocycles. The van der Waals surface area contributed by atoms with E-state index in [1.54, 1.807) is 0 Å². The number of ether oxygens (including phenoxy) is 1. The second kappa shape index (κ2) is 9.41. The van der Waals surface area contributed by atoms with Crippen molar-refractivity contribution in [2.45, 2.75) is 81.9 Å². The summed E-state index contributed by atoms with van der Waals surface area (Å²) < 4.78 is 6.20. The highest BCUT2D eigenvalue weighted by Gasteiger charge is 2.58.